The molecular formula is C12H11N3O3. The van der Waals surface area contributed by atoms with Crippen LogP contribution in [0.1, 0.15) is 12.8 Å². The predicted molar refractivity (Wildman–Crippen MR) is 66.5 cm³/mol. The Hall–Kier alpha value is -2.37. The molecule has 1 aliphatic carbocycles. The molecule has 1 amide bonds. The molecule has 1 aromatic carbocycles. The van der Waals surface area contributed by atoms with Crippen molar-refractivity contribution in [2.45, 2.75) is 12.8 Å². The molecule has 1 fully saturated rings. The number of aromatic nitrogens is 2. The lowest BCUT2D eigenvalue weighted by atomic mass is 10.1. The van der Waals surface area contributed by atoms with Gasteiger partial charge in [0.1, 0.15) is 0 Å². The maximum Gasteiger partial charge on any atom is 0.270 e. The van der Waals surface area contributed by atoms with E-state index in [0.29, 0.717) is 11.1 Å². The Morgan fingerprint density at radius 2 is 1.78 bits per heavy atom. The van der Waals surface area contributed by atoms with Crippen molar-refractivity contribution >= 4 is 22.4 Å². The molecule has 1 heterocycles. The molecule has 1 saturated carbocycles. The normalized spacial score (nSPS) is 14.7. The topological polar surface area (TPSA) is 94.8 Å². The maximum absolute atomic E-state index is 11.6. The second-order valence-electron chi connectivity index (χ2n) is 4.43. The summed E-state index contributed by atoms with van der Waals surface area (Å²) in [4.78, 5) is 34.6. The van der Waals surface area contributed by atoms with Crippen molar-refractivity contribution in [3.63, 3.8) is 0 Å². The second-order valence-corrected chi connectivity index (χ2v) is 4.43. The molecule has 0 radical (unpaired) electrons. The standard InChI is InChI=1S/C12H11N3O3/c16-10(6-1-2-6)13-7-3-4-8-9(5-7)12(18)15-14-11(8)17/h3-6H,1-2H2,(H,13,16)(H,14,17)(H,15,18). The minimum absolute atomic E-state index is 0.0318. The monoisotopic (exact) mass is 245 g/mol. The van der Waals surface area contributed by atoms with Crippen LogP contribution in [0.2, 0.25) is 0 Å². The van der Waals surface area contributed by atoms with E-state index in [0.717, 1.165) is 12.8 Å². The lowest BCUT2D eigenvalue weighted by molar-refractivity contribution is -0.117. The van der Waals surface area contributed by atoms with Crippen molar-refractivity contribution in [1.29, 1.82) is 0 Å². The van der Waals surface area contributed by atoms with Gasteiger partial charge >= 0.3 is 0 Å². The van der Waals surface area contributed by atoms with Crippen molar-refractivity contribution in [2.75, 3.05) is 5.32 Å². The van der Waals surface area contributed by atoms with Gasteiger partial charge in [0.2, 0.25) is 5.91 Å². The number of nitrogens with one attached hydrogen (secondary N) is 3. The van der Waals surface area contributed by atoms with Gasteiger partial charge in [0, 0.05) is 11.6 Å². The molecule has 2 aromatic rings. The van der Waals surface area contributed by atoms with Crippen LogP contribution in [0.25, 0.3) is 10.8 Å². The van der Waals surface area contributed by atoms with E-state index in [1.54, 1.807) is 6.07 Å². The smallest absolute Gasteiger partial charge is 0.270 e. The van der Waals surface area contributed by atoms with Crippen LogP contribution in [-0.2, 0) is 4.79 Å². The van der Waals surface area contributed by atoms with Crippen molar-refractivity contribution in [1.82, 2.24) is 10.2 Å². The Kier molecular flexibility index (Phi) is 2.29. The number of benzene rings is 1. The zero-order chi connectivity index (χ0) is 12.7. The van der Waals surface area contributed by atoms with Crippen molar-refractivity contribution in [2.24, 2.45) is 5.92 Å². The van der Waals surface area contributed by atoms with Gasteiger partial charge in [-0.2, -0.15) is 0 Å². The van der Waals surface area contributed by atoms with E-state index in [1.165, 1.54) is 12.1 Å². The lowest BCUT2D eigenvalue weighted by Crippen LogP contribution is -2.19. The van der Waals surface area contributed by atoms with Crippen LogP contribution < -0.4 is 16.4 Å². The number of anilines is 1. The van der Waals surface area contributed by atoms with Crippen molar-refractivity contribution in [3.8, 4) is 0 Å². The highest BCUT2D eigenvalue weighted by Gasteiger charge is 2.29. The van der Waals surface area contributed by atoms with Crippen LogP contribution in [0, 0.1) is 5.92 Å². The fraction of sp³-hybridized carbons (Fsp3) is 0.250. The average molecular weight is 245 g/mol. The van der Waals surface area contributed by atoms with Gasteiger partial charge in [-0.1, -0.05) is 0 Å². The average Bonchev–Trinajstić information content (AvgIpc) is 3.18. The van der Waals surface area contributed by atoms with E-state index in [-0.39, 0.29) is 28.3 Å². The van der Waals surface area contributed by atoms with Gasteiger partial charge in [-0.3, -0.25) is 24.6 Å². The van der Waals surface area contributed by atoms with E-state index in [4.69, 9.17) is 0 Å². The van der Waals surface area contributed by atoms with Gasteiger partial charge in [-0.15, -0.1) is 0 Å². The Bertz CT molecular complexity index is 740. The fourth-order valence-corrected chi connectivity index (χ4v) is 1.85. The minimum atomic E-state index is -0.382. The summed E-state index contributed by atoms with van der Waals surface area (Å²) < 4.78 is 0. The van der Waals surface area contributed by atoms with E-state index < -0.39 is 0 Å². The molecule has 3 N–H and O–H groups in total. The third-order valence-electron chi connectivity index (χ3n) is 3.01. The Morgan fingerprint density at radius 1 is 1.11 bits per heavy atom. The summed E-state index contributed by atoms with van der Waals surface area (Å²) in [6, 6.07) is 4.67. The third kappa shape index (κ3) is 1.81. The maximum atomic E-state index is 11.6. The molecule has 6 nitrogen and oxygen atoms in total. The number of carbonyl (C=O) groups is 1. The van der Waals surface area contributed by atoms with Crippen LogP contribution >= 0.6 is 0 Å². The molecule has 0 unspecified atom stereocenters. The summed E-state index contributed by atoms with van der Waals surface area (Å²) in [6.45, 7) is 0. The number of fused-ring (bicyclic) bond motifs is 1. The summed E-state index contributed by atoms with van der Waals surface area (Å²) in [5.74, 6) is 0.0637. The van der Waals surface area contributed by atoms with E-state index in [2.05, 4.69) is 15.5 Å². The van der Waals surface area contributed by atoms with Crippen molar-refractivity contribution in [3.05, 3.63) is 38.9 Å². The van der Waals surface area contributed by atoms with Crippen molar-refractivity contribution < 1.29 is 4.79 Å². The highest BCUT2D eigenvalue weighted by atomic mass is 16.2. The molecule has 18 heavy (non-hydrogen) atoms. The van der Waals surface area contributed by atoms with Crippen LogP contribution in [-0.4, -0.2) is 16.1 Å². The zero-order valence-corrected chi connectivity index (χ0v) is 9.45. The van der Waals surface area contributed by atoms with E-state index in [1.807, 2.05) is 0 Å². The van der Waals surface area contributed by atoms with Gasteiger partial charge < -0.3 is 5.32 Å². The molecular weight excluding hydrogens is 234 g/mol. The molecule has 0 saturated heterocycles. The first kappa shape index (κ1) is 10.8. The van der Waals surface area contributed by atoms with Gasteiger partial charge in [0.25, 0.3) is 11.1 Å². The summed E-state index contributed by atoms with van der Waals surface area (Å²) in [5.41, 5.74) is -0.202. The van der Waals surface area contributed by atoms with Gasteiger partial charge in [0.05, 0.1) is 10.8 Å². The fourth-order valence-electron chi connectivity index (χ4n) is 1.85. The molecule has 0 spiro atoms. The predicted octanol–water partition coefficient (Wildman–Crippen LogP) is 0.565. The van der Waals surface area contributed by atoms with Crippen LogP contribution in [0.15, 0.2) is 27.8 Å². The first-order valence-electron chi connectivity index (χ1n) is 5.71. The molecule has 3 rings (SSSR count). The number of aromatic amines is 2. The minimum Gasteiger partial charge on any atom is -0.326 e. The summed E-state index contributed by atoms with van der Waals surface area (Å²) in [7, 11) is 0. The number of hydrogen-bond acceptors (Lipinski definition) is 3. The Balaban J connectivity index is 2.05. The number of amides is 1. The second kappa shape index (κ2) is 3.83. The molecule has 0 aliphatic heterocycles. The highest BCUT2D eigenvalue weighted by molar-refractivity contribution is 5.96. The third-order valence-corrected chi connectivity index (χ3v) is 3.01. The first-order chi connectivity index (χ1) is 8.65. The molecule has 0 bridgehead atoms. The van der Waals surface area contributed by atoms with E-state index in [9.17, 15) is 14.4 Å². The number of carbonyl (C=O) groups excluding carboxylic acids is 1. The Labute approximate surface area is 101 Å². The molecule has 6 heteroatoms. The first-order valence-corrected chi connectivity index (χ1v) is 5.71. The molecule has 1 aromatic heterocycles. The molecule has 0 atom stereocenters. The number of H-pyrrole nitrogens is 2. The zero-order valence-electron chi connectivity index (χ0n) is 9.45. The summed E-state index contributed by atoms with van der Waals surface area (Å²) in [6.07, 6.45) is 1.83. The Morgan fingerprint density at radius 3 is 2.44 bits per heavy atom. The van der Waals surface area contributed by atoms with Gasteiger partial charge in [-0.25, -0.2) is 0 Å². The van der Waals surface area contributed by atoms with Gasteiger partial charge in [0.15, 0.2) is 0 Å². The van der Waals surface area contributed by atoms with Crippen LogP contribution in [0.4, 0.5) is 5.69 Å². The molecule has 92 valence electrons. The quantitative estimate of drug-likeness (QED) is 0.721. The molecule has 1 aliphatic rings. The largest absolute Gasteiger partial charge is 0.326 e. The van der Waals surface area contributed by atoms with Gasteiger partial charge in [-0.05, 0) is 31.0 Å². The van der Waals surface area contributed by atoms with Crippen LogP contribution in [0.5, 0.6) is 0 Å². The number of hydrogen-bond donors (Lipinski definition) is 3. The number of rotatable bonds is 2. The highest BCUT2D eigenvalue weighted by Crippen LogP contribution is 2.30. The summed E-state index contributed by atoms with van der Waals surface area (Å²) >= 11 is 0. The van der Waals surface area contributed by atoms with Crippen LogP contribution in [0.3, 0.4) is 0 Å². The SMILES string of the molecule is O=C(Nc1ccc2c(=O)[nH][nH]c(=O)c2c1)C1CC1. The summed E-state index contributed by atoms with van der Waals surface area (Å²) in [5, 5.41) is 7.82. The lowest BCUT2D eigenvalue weighted by Gasteiger charge is -2.04. The van der Waals surface area contributed by atoms with E-state index >= 15 is 0 Å².